The van der Waals surface area contributed by atoms with Gasteiger partial charge >= 0.3 is 5.97 Å². The summed E-state index contributed by atoms with van der Waals surface area (Å²) in [6, 6.07) is -0.604. The van der Waals surface area contributed by atoms with E-state index in [1.165, 1.54) is 20.8 Å². The van der Waals surface area contributed by atoms with E-state index in [4.69, 9.17) is 5.11 Å². The van der Waals surface area contributed by atoms with Crippen molar-refractivity contribution >= 4 is 16.0 Å². The molecule has 1 rings (SSSR count). The van der Waals surface area contributed by atoms with Crippen LogP contribution in [0, 0.1) is 22.9 Å². The maximum absolute atomic E-state index is 13.5. The first-order valence-corrected chi connectivity index (χ1v) is 7.25. The molecule has 1 aromatic carbocycles. The molecular formula is C12H14F3NO4S. The number of carboxylic acids is 1. The predicted octanol–water partition coefficient (Wildman–Crippen LogP) is 1.88. The second-order valence-electron chi connectivity index (χ2n) is 5.43. The molecule has 0 aliphatic carbocycles. The number of nitrogens with one attached hydrogen (secondary N) is 1. The molecule has 0 radical (unpaired) electrons. The first-order chi connectivity index (χ1) is 9.38. The highest BCUT2D eigenvalue weighted by Crippen LogP contribution is 2.24. The van der Waals surface area contributed by atoms with Crippen LogP contribution in [0.15, 0.2) is 17.0 Å². The molecule has 0 amide bonds. The third kappa shape index (κ3) is 3.73. The lowest BCUT2D eigenvalue weighted by atomic mass is 9.88. The fourth-order valence-electron chi connectivity index (χ4n) is 1.53. The summed E-state index contributed by atoms with van der Waals surface area (Å²) in [4.78, 5) is 9.95. The van der Waals surface area contributed by atoms with Gasteiger partial charge in [-0.1, -0.05) is 20.8 Å². The van der Waals surface area contributed by atoms with Gasteiger partial charge in [0.2, 0.25) is 10.0 Å². The van der Waals surface area contributed by atoms with Crippen LogP contribution in [0.1, 0.15) is 20.8 Å². The average molecular weight is 325 g/mol. The first kappa shape index (κ1) is 17.4. The van der Waals surface area contributed by atoms with Gasteiger partial charge in [-0.2, -0.15) is 4.72 Å². The Labute approximate surface area is 119 Å². The Morgan fingerprint density at radius 2 is 1.71 bits per heavy atom. The molecule has 1 aromatic rings. The summed E-state index contributed by atoms with van der Waals surface area (Å²) in [6.07, 6.45) is 0. The summed E-state index contributed by atoms with van der Waals surface area (Å²) >= 11 is 0. The molecule has 0 aromatic heterocycles. The lowest BCUT2D eigenvalue weighted by Gasteiger charge is -2.27. The number of aliphatic carboxylic acids is 1. The van der Waals surface area contributed by atoms with Gasteiger partial charge in [0, 0.05) is 0 Å². The Bertz CT molecular complexity index is 668. The molecule has 21 heavy (non-hydrogen) atoms. The van der Waals surface area contributed by atoms with E-state index < -0.39 is 49.8 Å². The van der Waals surface area contributed by atoms with Gasteiger partial charge in [-0.25, -0.2) is 21.6 Å². The minimum atomic E-state index is -4.67. The second-order valence-corrected chi connectivity index (χ2v) is 7.11. The Hall–Kier alpha value is -1.61. The van der Waals surface area contributed by atoms with Gasteiger partial charge in [0.1, 0.15) is 10.9 Å². The Balaban J connectivity index is 3.30. The maximum atomic E-state index is 13.5. The monoisotopic (exact) mass is 325 g/mol. The molecule has 0 aliphatic heterocycles. The Morgan fingerprint density at radius 1 is 1.19 bits per heavy atom. The summed E-state index contributed by atoms with van der Waals surface area (Å²) in [5.74, 6) is -6.87. The summed E-state index contributed by atoms with van der Waals surface area (Å²) in [7, 11) is -4.67. The molecule has 0 spiro atoms. The molecule has 0 fully saturated rings. The molecule has 5 nitrogen and oxygen atoms in total. The van der Waals surface area contributed by atoms with Crippen LogP contribution in [0.3, 0.4) is 0 Å². The third-order valence-electron chi connectivity index (χ3n) is 2.68. The normalized spacial score (nSPS) is 14.0. The van der Waals surface area contributed by atoms with Gasteiger partial charge in [-0.05, 0) is 17.5 Å². The van der Waals surface area contributed by atoms with Crippen LogP contribution in [-0.4, -0.2) is 25.5 Å². The van der Waals surface area contributed by atoms with Crippen molar-refractivity contribution in [1.29, 1.82) is 0 Å². The van der Waals surface area contributed by atoms with Crippen LogP contribution in [0.25, 0.3) is 0 Å². The molecule has 0 heterocycles. The van der Waals surface area contributed by atoms with Gasteiger partial charge in [0.05, 0.1) is 0 Å². The largest absolute Gasteiger partial charge is 0.480 e. The molecule has 0 aliphatic rings. The molecule has 0 saturated heterocycles. The quantitative estimate of drug-likeness (QED) is 0.828. The Kier molecular flexibility index (Phi) is 4.69. The number of hydrogen-bond donors (Lipinski definition) is 2. The highest BCUT2D eigenvalue weighted by Gasteiger charge is 2.36. The van der Waals surface area contributed by atoms with E-state index in [0.717, 1.165) is 0 Å². The standard InChI is InChI=1S/C12H14F3NO4S/c1-12(2,3)10(11(17)18)16-21(19,20)7-5-4-6(13)8(14)9(7)15/h4-5,10,16H,1-3H3,(H,17,18). The summed E-state index contributed by atoms with van der Waals surface area (Å²) in [5.41, 5.74) is -1.02. The molecule has 118 valence electrons. The van der Waals surface area contributed by atoms with Crippen molar-refractivity contribution in [2.45, 2.75) is 31.7 Å². The Morgan fingerprint density at radius 3 is 2.14 bits per heavy atom. The zero-order valence-corrected chi connectivity index (χ0v) is 12.3. The van der Waals surface area contributed by atoms with Crippen molar-refractivity contribution in [3.05, 3.63) is 29.6 Å². The van der Waals surface area contributed by atoms with E-state index in [-0.39, 0.29) is 0 Å². The molecule has 1 unspecified atom stereocenters. The minimum absolute atomic E-state index is 0.444. The van der Waals surface area contributed by atoms with Crippen molar-refractivity contribution in [2.24, 2.45) is 5.41 Å². The van der Waals surface area contributed by atoms with Gasteiger partial charge in [0.15, 0.2) is 17.5 Å². The van der Waals surface area contributed by atoms with E-state index in [2.05, 4.69) is 0 Å². The van der Waals surface area contributed by atoms with E-state index in [1.807, 2.05) is 0 Å². The summed E-state index contributed by atoms with van der Waals surface area (Å²) in [6.45, 7) is 4.36. The van der Waals surface area contributed by atoms with E-state index in [0.29, 0.717) is 12.1 Å². The van der Waals surface area contributed by atoms with Crippen LogP contribution in [0.4, 0.5) is 13.2 Å². The molecule has 0 saturated carbocycles. The summed E-state index contributed by atoms with van der Waals surface area (Å²) < 4.78 is 65.2. The minimum Gasteiger partial charge on any atom is -0.480 e. The zero-order chi connectivity index (χ0) is 16.6. The fourth-order valence-corrected chi connectivity index (χ4v) is 3.00. The first-order valence-electron chi connectivity index (χ1n) is 5.76. The highest BCUT2D eigenvalue weighted by atomic mass is 32.2. The van der Waals surface area contributed by atoms with Crippen molar-refractivity contribution in [2.75, 3.05) is 0 Å². The van der Waals surface area contributed by atoms with E-state index in [9.17, 15) is 26.4 Å². The van der Waals surface area contributed by atoms with Crippen LogP contribution >= 0.6 is 0 Å². The lowest BCUT2D eigenvalue weighted by molar-refractivity contribution is -0.141. The highest BCUT2D eigenvalue weighted by molar-refractivity contribution is 7.89. The molecule has 2 N–H and O–H groups in total. The van der Waals surface area contributed by atoms with Gasteiger partial charge in [-0.3, -0.25) is 4.79 Å². The summed E-state index contributed by atoms with van der Waals surface area (Å²) in [5, 5.41) is 9.03. The number of benzene rings is 1. The topological polar surface area (TPSA) is 83.5 Å². The predicted molar refractivity (Wildman–Crippen MR) is 67.5 cm³/mol. The van der Waals surface area contributed by atoms with Crippen LogP contribution in [0.5, 0.6) is 0 Å². The number of sulfonamides is 1. The van der Waals surface area contributed by atoms with Crippen molar-refractivity contribution in [3.63, 3.8) is 0 Å². The fraction of sp³-hybridized carbons (Fsp3) is 0.417. The van der Waals surface area contributed by atoms with Crippen molar-refractivity contribution < 1.29 is 31.5 Å². The van der Waals surface area contributed by atoms with Crippen LogP contribution < -0.4 is 4.72 Å². The second kappa shape index (κ2) is 5.64. The van der Waals surface area contributed by atoms with Crippen LogP contribution in [-0.2, 0) is 14.8 Å². The lowest BCUT2D eigenvalue weighted by Crippen LogP contribution is -2.49. The number of carbonyl (C=O) groups is 1. The number of hydrogen-bond acceptors (Lipinski definition) is 3. The van der Waals surface area contributed by atoms with Gasteiger partial charge in [-0.15, -0.1) is 0 Å². The van der Waals surface area contributed by atoms with Crippen molar-refractivity contribution in [3.8, 4) is 0 Å². The van der Waals surface area contributed by atoms with E-state index >= 15 is 0 Å². The average Bonchev–Trinajstić information content (AvgIpc) is 2.31. The number of carboxylic acid groups (broad SMARTS) is 1. The van der Waals surface area contributed by atoms with E-state index in [1.54, 1.807) is 4.72 Å². The number of halogens is 3. The van der Waals surface area contributed by atoms with Crippen molar-refractivity contribution in [1.82, 2.24) is 4.72 Å². The van der Waals surface area contributed by atoms with Gasteiger partial charge in [0.25, 0.3) is 0 Å². The molecular weight excluding hydrogens is 311 g/mol. The molecule has 1 atom stereocenters. The zero-order valence-electron chi connectivity index (χ0n) is 11.4. The molecule has 9 heteroatoms. The third-order valence-corrected chi connectivity index (χ3v) is 4.12. The smallest absolute Gasteiger partial charge is 0.322 e. The maximum Gasteiger partial charge on any atom is 0.322 e. The molecule has 0 bridgehead atoms. The van der Waals surface area contributed by atoms with Crippen LogP contribution in [0.2, 0.25) is 0 Å². The number of rotatable bonds is 4. The van der Waals surface area contributed by atoms with Gasteiger partial charge < -0.3 is 5.11 Å². The SMILES string of the molecule is CC(C)(C)C(NS(=O)(=O)c1ccc(F)c(F)c1F)C(=O)O.